The van der Waals surface area contributed by atoms with Crippen molar-refractivity contribution in [3.8, 4) is 0 Å². The molecule has 0 bridgehead atoms. The van der Waals surface area contributed by atoms with Crippen LogP contribution in [0.4, 0.5) is 4.79 Å². The monoisotopic (exact) mass is 290 g/mol. The lowest BCUT2D eigenvalue weighted by atomic mass is 10.1. The van der Waals surface area contributed by atoms with Crippen molar-refractivity contribution < 1.29 is 9.53 Å². The molecular formula is C17H26N2O2. The number of hydrogen-bond acceptors (Lipinski definition) is 3. The number of alkyl carbamates (subject to hydrolysis) is 1. The maximum Gasteiger partial charge on any atom is 0.407 e. The normalized spacial score (nSPS) is 13.1. The van der Waals surface area contributed by atoms with Crippen LogP contribution in [0.2, 0.25) is 0 Å². The Balaban J connectivity index is 2.17. The quantitative estimate of drug-likeness (QED) is 0.789. The highest BCUT2D eigenvalue weighted by molar-refractivity contribution is 5.67. The molecule has 0 radical (unpaired) electrons. The molecule has 0 spiro atoms. The van der Waals surface area contributed by atoms with Crippen molar-refractivity contribution in [1.29, 1.82) is 0 Å². The maximum atomic E-state index is 11.4. The number of nitrogens with one attached hydrogen (secondary N) is 2. The van der Waals surface area contributed by atoms with Crippen molar-refractivity contribution in [3.05, 3.63) is 48.0 Å². The molecule has 4 heteroatoms. The van der Waals surface area contributed by atoms with Crippen molar-refractivity contribution in [2.75, 3.05) is 13.1 Å². The molecule has 1 rings (SSSR count). The Morgan fingerprint density at radius 2 is 1.81 bits per heavy atom. The van der Waals surface area contributed by atoms with Crippen LogP contribution in [0, 0.1) is 0 Å². The first-order valence-electron chi connectivity index (χ1n) is 7.28. The average molecular weight is 290 g/mol. The number of carbonyl (C=O) groups is 1. The van der Waals surface area contributed by atoms with Crippen LogP contribution in [0.15, 0.2) is 42.5 Å². The van der Waals surface area contributed by atoms with E-state index in [2.05, 4.69) is 29.7 Å². The number of benzene rings is 1. The number of amides is 1. The first-order chi connectivity index (χ1) is 9.88. The Morgan fingerprint density at radius 3 is 2.43 bits per heavy atom. The molecule has 0 aliphatic heterocycles. The van der Waals surface area contributed by atoms with E-state index in [1.165, 1.54) is 5.56 Å². The predicted molar refractivity (Wildman–Crippen MR) is 86.2 cm³/mol. The first-order valence-corrected chi connectivity index (χ1v) is 7.28. The third-order valence-electron chi connectivity index (χ3n) is 2.77. The highest BCUT2D eigenvalue weighted by Gasteiger charge is 2.14. The third-order valence-corrected chi connectivity index (χ3v) is 2.77. The number of carbonyl (C=O) groups excluding carboxylic acids is 1. The lowest BCUT2D eigenvalue weighted by Gasteiger charge is -2.19. The van der Waals surface area contributed by atoms with E-state index in [1.807, 2.05) is 51.1 Å². The van der Waals surface area contributed by atoms with E-state index in [1.54, 1.807) is 0 Å². The Kier molecular flexibility index (Phi) is 6.96. The summed E-state index contributed by atoms with van der Waals surface area (Å²) in [5.41, 5.74) is 0.804. The summed E-state index contributed by atoms with van der Waals surface area (Å²) in [5, 5.41) is 6.08. The molecule has 1 atom stereocenters. The summed E-state index contributed by atoms with van der Waals surface area (Å²) < 4.78 is 5.14. The minimum atomic E-state index is -0.458. The van der Waals surface area contributed by atoms with Crippen LogP contribution in [0.1, 0.15) is 39.3 Å². The predicted octanol–water partition coefficient (Wildman–Crippen LogP) is 3.42. The van der Waals surface area contributed by atoms with Crippen molar-refractivity contribution in [1.82, 2.24) is 10.6 Å². The summed E-state index contributed by atoms with van der Waals surface area (Å²) >= 11 is 0. The van der Waals surface area contributed by atoms with Gasteiger partial charge in [-0.25, -0.2) is 4.79 Å². The van der Waals surface area contributed by atoms with E-state index >= 15 is 0 Å². The smallest absolute Gasteiger partial charge is 0.407 e. The van der Waals surface area contributed by atoms with Crippen molar-refractivity contribution >= 4 is 6.09 Å². The van der Waals surface area contributed by atoms with Gasteiger partial charge < -0.3 is 15.4 Å². The number of rotatable bonds is 6. The highest BCUT2D eigenvalue weighted by atomic mass is 16.6. The van der Waals surface area contributed by atoms with Gasteiger partial charge in [0.1, 0.15) is 5.60 Å². The molecule has 21 heavy (non-hydrogen) atoms. The lowest BCUT2D eigenvalue weighted by molar-refractivity contribution is 0.0534. The van der Waals surface area contributed by atoms with E-state index in [0.717, 1.165) is 6.54 Å². The third kappa shape index (κ3) is 8.15. The van der Waals surface area contributed by atoms with Crippen molar-refractivity contribution in [2.24, 2.45) is 0 Å². The molecule has 1 unspecified atom stereocenters. The van der Waals surface area contributed by atoms with Crippen LogP contribution in [-0.4, -0.2) is 24.8 Å². The minimum absolute atomic E-state index is 0.301. The zero-order chi connectivity index (χ0) is 15.7. The second-order valence-corrected chi connectivity index (χ2v) is 5.89. The van der Waals surface area contributed by atoms with Crippen LogP contribution in [0.5, 0.6) is 0 Å². The molecule has 0 saturated carbocycles. The molecule has 4 nitrogen and oxygen atoms in total. The summed E-state index contributed by atoms with van der Waals surface area (Å²) in [6.07, 6.45) is 3.52. The van der Waals surface area contributed by atoms with Gasteiger partial charge in [0.15, 0.2) is 0 Å². The summed E-state index contributed by atoms with van der Waals surface area (Å²) in [6.45, 7) is 8.89. The fourth-order valence-electron chi connectivity index (χ4n) is 1.73. The lowest BCUT2D eigenvalue weighted by Crippen LogP contribution is -2.32. The average Bonchev–Trinajstić information content (AvgIpc) is 2.41. The molecule has 0 aliphatic rings. The van der Waals surface area contributed by atoms with Crippen LogP contribution in [0.25, 0.3) is 0 Å². The Bertz CT molecular complexity index is 450. The van der Waals surface area contributed by atoms with E-state index in [0.29, 0.717) is 12.6 Å². The van der Waals surface area contributed by atoms with Gasteiger partial charge in [-0.2, -0.15) is 0 Å². The Morgan fingerprint density at radius 1 is 1.19 bits per heavy atom. The minimum Gasteiger partial charge on any atom is -0.444 e. The van der Waals surface area contributed by atoms with Gasteiger partial charge in [-0.1, -0.05) is 42.5 Å². The Hall–Kier alpha value is -1.81. The second kappa shape index (κ2) is 8.47. The Labute approximate surface area is 127 Å². The van der Waals surface area contributed by atoms with Gasteiger partial charge in [0.05, 0.1) is 0 Å². The summed E-state index contributed by atoms with van der Waals surface area (Å²) in [7, 11) is 0. The maximum absolute atomic E-state index is 11.4. The molecule has 0 fully saturated rings. The van der Waals surface area contributed by atoms with Gasteiger partial charge in [-0.05, 0) is 33.3 Å². The molecular weight excluding hydrogens is 264 g/mol. The van der Waals surface area contributed by atoms with E-state index in [-0.39, 0.29) is 0 Å². The van der Waals surface area contributed by atoms with Gasteiger partial charge >= 0.3 is 6.09 Å². The van der Waals surface area contributed by atoms with Crippen LogP contribution < -0.4 is 10.6 Å². The standard InChI is InChI=1S/C17H26N2O2/c1-14(15-10-6-5-7-11-15)18-12-8-9-13-19-16(20)21-17(2,3)4/h5-11,14,18H,12-13H2,1-4H3,(H,19,20)/b9-8+. The summed E-state index contributed by atoms with van der Waals surface area (Å²) in [5.74, 6) is 0. The number of hydrogen-bond donors (Lipinski definition) is 2. The van der Waals surface area contributed by atoms with Gasteiger partial charge in [0.2, 0.25) is 0 Å². The molecule has 2 N–H and O–H groups in total. The summed E-state index contributed by atoms with van der Waals surface area (Å²) in [6, 6.07) is 10.6. The van der Waals surface area contributed by atoms with Crippen LogP contribution in [0.3, 0.4) is 0 Å². The molecule has 1 aromatic carbocycles. The zero-order valence-electron chi connectivity index (χ0n) is 13.3. The van der Waals surface area contributed by atoms with E-state index in [4.69, 9.17) is 4.74 Å². The fraction of sp³-hybridized carbons (Fsp3) is 0.471. The summed E-state index contributed by atoms with van der Waals surface area (Å²) in [4.78, 5) is 11.4. The van der Waals surface area contributed by atoms with E-state index < -0.39 is 11.7 Å². The van der Waals surface area contributed by atoms with E-state index in [9.17, 15) is 4.79 Å². The van der Waals surface area contributed by atoms with Crippen molar-refractivity contribution in [2.45, 2.75) is 39.3 Å². The molecule has 0 aliphatic carbocycles. The molecule has 1 amide bonds. The topological polar surface area (TPSA) is 50.4 Å². The van der Waals surface area contributed by atoms with Crippen LogP contribution in [-0.2, 0) is 4.74 Å². The van der Waals surface area contributed by atoms with Gasteiger partial charge in [-0.15, -0.1) is 0 Å². The van der Waals surface area contributed by atoms with Gasteiger partial charge in [-0.3, -0.25) is 0 Å². The second-order valence-electron chi connectivity index (χ2n) is 5.89. The van der Waals surface area contributed by atoms with Gasteiger partial charge in [0, 0.05) is 19.1 Å². The SMILES string of the molecule is CC(NC/C=C/CNC(=O)OC(C)(C)C)c1ccccc1. The van der Waals surface area contributed by atoms with Crippen LogP contribution >= 0.6 is 0 Å². The molecule has 1 aromatic rings. The first kappa shape index (κ1) is 17.2. The van der Waals surface area contributed by atoms with Crippen molar-refractivity contribution in [3.63, 3.8) is 0 Å². The van der Waals surface area contributed by atoms with Gasteiger partial charge in [0.25, 0.3) is 0 Å². The molecule has 0 aromatic heterocycles. The largest absolute Gasteiger partial charge is 0.444 e. The fourth-order valence-corrected chi connectivity index (χ4v) is 1.73. The zero-order valence-corrected chi connectivity index (χ0v) is 13.3. The molecule has 116 valence electrons. The molecule has 0 saturated heterocycles. The number of ether oxygens (including phenoxy) is 1. The highest BCUT2D eigenvalue weighted by Crippen LogP contribution is 2.10. The molecule has 0 heterocycles.